The van der Waals surface area contributed by atoms with E-state index in [1.54, 1.807) is 0 Å². The standard InChI is InChI=1S/C9H12BrNO.ClH/c1-6-7(9(11)5-12)3-2-4-8(6)10;/h2-4,9,12H,5,11H2,1H3;1H/t9-;/m0./s1. The van der Waals surface area contributed by atoms with Gasteiger partial charge in [0, 0.05) is 4.47 Å². The van der Waals surface area contributed by atoms with Crippen molar-refractivity contribution in [2.24, 2.45) is 5.73 Å². The van der Waals surface area contributed by atoms with Crippen molar-refractivity contribution in [2.75, 3.05) is 6.61 Å². The summed E-state index contributed by atoms with van der Waals surface area (Å²) in [5.41, 5.74) is 7.78. The number of hydrogen-bond donors (Lipinski definition) is 2. The highest BCUT2D eigenvalue weighted by atomic mass is 79.9. The average molecular weight is 267 g/mol. The van der Waals surface area contributed by atoms with Gasteiger partial charge >= 0.3 is 0 Å². The van der Waals surface area contributed by atoms with Crippen molar-refractivity contribution in [3.8, 4) is 0 Å². The van der Waals surface area contributed by atoms with Crippen LogP contribution in [0.2, 0.25) is 0 Å². The van der Waals surface area contributed by atoms with Gasteiger partial charge in [-0.3, -0.25) is 0 Å². The lowest BCUT2D eigenvalue weighted by molar-refractivity contribution is 0.267. The summed E-state index contributed by atoms with van der Waals surface area (Å²) in [6.07, 6.45) is 0. The molecule has 0 aliphatic carbocycles. The number of aliphatic hydroxyl groups excluding tert-OH is 1. The molecular weight excluding hydrogens is 253 g/mol. The predicted octanol–water partition coefficient (Wildman–Crippen LogP) is 2.17. The zero-order valence-electron chi connectivity index (χ0n) is 7.33. The third-order valence-electron chi connectivity index (χ3n) is 1.91. The summed E-state index contributed by atoms with van der Waals surface area (Å²) in [6, 6.07) is 5.54. The van der Waals surface area contributed by atoms with E-state index in [0.29, 0.717) is 0 Å². The van der Waals surface area contributed by atoms with E-state index in [9.17, 15) is 0 Å². The summed E-state index contributed by atoms with van der Waals surface area (Å²) in [6.45, 7) is 1.96. The van der Waals surface area contributed by atoms with Crippen molar-refractivity contribution < 1.29 is 5.11 Å². The lowest BCUT2D eigenvalue weighted by Gasteiger charge is -2.12. The van der Waals surface area contributed by atoms with Gasteiger partial charge in [0.25, 0.3) is 0 Å². The van der Waals surface area contributed by atoms with Gasteiger partial charge in [0.1, 0.15) is 0 Å². The number of benzene rings is 1. The van der Waals surface area contributed by atoms with Crippen LogP contribution in [-0.4, -0.2) is 11.7 Å². The van der Waals surface area contributed by atoms with E-state index in [2.05, 4.69) is 15.9 Å². The summed E-state index contributed by atoms with van der Waals surface area (Å²) >= 11 is 3.41. The molecule has 4 heteroatoms. The maximum Gasteiger partial charge on any atom is 0.0624 e. The number of hydrogen-bond acceptors (Lipinski definition) is 2. The predicted molar refractivity (Wildman–Crippen MR) is 60.1 cm³/mol. The minimum atomic E-state index is -0.275. The van der Waals surface area contributed by atoms with Gasteiger partial charge in [-0.25, -0.2) is 0 Å². The molecule has 0 heterocycles. The molecule has 0 spiro atoms. The summed E-state index contributed by atoms with van der Waals surface area (Å²) < 4.78 is 1.03. The van der Waals surface area contributed by atoms with Crippen LogP contribution in [0, 0.1) is 6.92 Å². The van der Waals surface area contributed by atoms with Crippen LogP contribution in [0.15, 0.2) is 22.7 Å². The zero-order valence-corrected chi connectivity index (χ0v) is 9.73. The molecule has 0 amide bonds. The van der Waals surface area contributed by atoms with Crippen LogP contribution < -0.4 is 5.73 Å². The van der Waals surface area contributed by atoms with Gasteiger partial charge in [-0.1, -0.05) is 28.1 Å². The molecule has 1 aromatic rings. The average Bonchev–Trinajstić information content (AvgIpc) is 2.08. The van der Waals surface area contributed by atoms with Crippen molar-refractivity contribution in [3.05, 3.63) is 33.8 Å². The Labute approximate surface area is 92.7 Å². The van der Waals surface area contributed by atoms with E-state index in [1.165, 1.54) is 0 Å². The van der Waals surface area contributed by atoms with E-state index in [0.717, 1.165) is 15.6 Å². The topological polar surface area (TPSA) is 46.2 Å². The lowest BCUT2D eigenvalue weighted by Crippen LogP contribution is -2.15. The zero-order chi connectivity index (χ0) is 9.14. The first-order valence-corrected chi connectivity index (χ1v) is 4.57. The minimum Gasteiger partial charge on any atom is -0.394 e. The third-order valence-corrected chi connectivity index (χ3v) is 2.76. The Kier molecular flexibility index (Phi) is 5.56. The van der Waals surface area contributed by atoms with E-state index in [4.69, 9.17) is 10.8 Å². The van der Waals surface area contributed by atoms with Crippen LogP contribution in [0.3, 0.4) is 0 Å². The van der Waals surface area contributed by atoms with Gasteiger partial charge in [0.15, 0.2) is 0 Å². The maximum atomic E-state index is 8.86. The first kappa shape index (κ1) is 12.9. The fourth-order valence-electron chi connectivity index (χ4n) is 1.12. The Morgan fingerprint density at radius 1 is 1.54 bits per heavy atom. The second kappa shape index (κ2) is 5.60. The normalized spacial score (nSPS) is 12.0. The van der Waals surface area contributed by atoms with Gasteiger partial charge in [-0.15, -0.1) is 12.4 Å². The van der Waals surface area contributed by atoms with Crippen molar-refractivity contribution in [3.63, 3.8) is 0 Å². The van der Waals surface area contributed by atoms with Crippen LogP contribution >= 0.6 is 28.3 Å². The van der Waals surface area contributed by atoms with Gasteiger partial charge in [0.2, 0.25) is 0 Å². The molecule has 0 saturated carbocycles. The molecule has 74 valence electrons. The molecule has 0 aliphatic rings. The summed E-state index contributed by atoms with van der Waals surface area (Å²) in [5.74, 6) is 0. The number of aliphatic hydroxyl groups is 1. The molecule has 0 bridgehead atoms. The smallest absolute Gasteiger partial charge is 0.0624 e. The quantitative estimate of drug-likeness (QED) is 0.862. The minimum absolute atomic E-state index is 0. The highest BCUT2D eigenvalue weighted by Gasteiger charge is 2.08. The van der Waals surface area contributed by atoms with Crippen LogP contribution in [0.1, 0.15) is 17.2 Å². The molecule has 0 aliphatic heterocycles. The van der Waals surface area contributed by atoms with E-state index in [1.807, 2.05) is 25.1 Å². The van der Waals surface area contributed by atoms with Crippen LogP contribution in [-0.2, 0) is 0 Å². The number of rotatable bonds is 2. The summed E-state index contributed by atoms with van der Waals surface area (Å²) in [7, 11) is 0. The molecule has 1 atom stereocenters. The molecule has 1 rings (SSSR count). The first-order valence-electron chi connectivity index (χ1n) is 3.78. The van der Waals surface area contributed by atoms with Crippen molar-refractivity contribution in [1.29, 1.82) is 0 Å². The summed E-state index contributed by atoms with van der Waals surface area (Å²) in [4.78, 5) is 0. The number of nitrogens with two attached hydrogens (primary N) is 1. The molecule has 3 N–H and O–H groups in total. The van der Waals surface area contributed by atoms with Gasteiger partial charge < -0.3 is 10.8 Å². The van der Waals surface area contributed by atoms with Crippen LogP contribution in [0.4, 0.5) is 0 Å². The number of halogens is 2. The Hall–Kier alpha value is -0.0900. The molecule has 0 aromatic heterocycles. The van der Waals surface area contributed by atoms with Crippen LogP contribution in [0.25, 0.3) is 0 Å². The maximum absolute atomic E-state index is 8.86. The molecule has 0 fully saturated rings. The monoisotopic (exact) mass is 265 g/mol. The fourth-order valence-corrected chi connectivity index (χ4v) is 1.51. The molecule has 0 saturated heterocycles. The molecule has 0 unspecified atom stereocenters. The van der Waals surface area contributed by atoms with Gasteiger partial charge in [0.05, 0.1) is 12.6 Å². The van der Waals surface area contributed by atoms with Crippen molar-refractivity contribution >= 4 is 28.3 Å². The molecule has 13 heavy (non-hydrogen) atoms. The van der Waals surface area contributed by atoms with Gasteiger partial charge in [-0.2, -0.15) is 0 Å². The molecule has 2 nitrogen and oxygen atoms in total. The highest BCUT2D eigenvalue weighted by molar-refractivity contribution is 9.10. The first-order chi connectivity index (χ1) is 5.66. The van der Waals surface area contributed by atoms with Gasteiger partial charge in [-0.05, 0) is 24.1 Å². The molecule has 0 radical (unpaired) electrons. The summed E-state index contributed by atoms with van der Waals surface area (Å²) in [5, 5.41) is 8.86. The second-order valence-electron chi connectivity index (χ2n) is 2.74. The van der Waals surface area contributed by atoms with Crippen LogP contribution in [0.5, 0.6) is 0 Å². The Balaban J connectivity index is 0.00000144. The Morgan fingerprint density at radius 2 is 2.15 bits per heavy atom. The highest BCUT2D eigenvalue weighted by Crippen LogP contribution is 2.22. The Morgan fingerprint density at radius 3 is 2.69 bits per heavy atom. The Bertz CT molecular complexity index is 280. The second-order valence-corrected chi connectivity index (χ2v) is 3.60. The lowest BCUT2D eigenvalue weighted by atomic mass is 10.0. The van der Waals surface area contributed by atoms with Crippen molar-refractivity contribution in [2.45, 2.75) is 13.0 Å². The SMILES string of the molecule is Cc1c(Br)cccc1[C@@H](N)CO.Cl. The third kappa shape index (κ3) is 2.95. The molecular formula is C9H13BrClNO. The fraction of sp³-hybridized carbons (Fsp3) is 0.333. The van der Waals surface area contributed by atoms with E-state index in [-0.39, 0.29) is 25.1 Å². The largest absolute Gasteiger partial charge is 0.394 e. The van der Waals surface area contributed by atoms with E-state index >= 15 is 0 Å². The van der Waals surface area contributed by atoms with E-state index < -0.39 is 0 Å². The van der Waals surface area contributed by atoms with Crippen molar-refractivity contribution in [1.82, 2.24) is 0 Å². The molecule has 1 aromatic carbocycles.